The van der Waals surface area contributed by atoms with Gasteiger partial charge in [-0.25, -0.2) is 4.98 Å². The molecule has 2 aliphatic rings. The molecule has 0 saturated carbocycles. The normalized spacial score (nSPS) is 19.2. The van der Waals surface area contributed by atoms with Gasteiger partial charge < -0.3 is 19.4 Å². The molecule has 0 radical (unpaired) electrons. The SMILES string of the molecule is O=C1CCCN1CCCN1C[C@@H](OCc2ccccc2)CN(C(=O)c2cnccn2)CC1=O. The molecular formula is C24H29N5O4. The first-order valence-corrected chi connectivity index (χ1v) is 11.4. The number of carbonyl (C=O) groups excluding carboxylic acids is 3. The highest BCUT2D eigenvalue weighted by molar-refractivity contribution is 5.95. The van der Waals surface area contributed by atoms with Crippen molar-refractivity contribution in [3.8, 4) is 0 Å². The molecule has 1 atom stereocenters. The van der Waals surface area contributed by atoms with E-state index in [0.717, 1.165) is 18.5 Å². The average molecular weight is 452 g/mol. The smallest absolute Gasteiger partial charge is 0.274 e. The summed E-state index contributed by atoms with van der Waals surface area (Å²) in [7, 11) is 0. The fraction of sp³-hybridized carbons (Fsp3) is 0.458. The monoisotopic (exact) mass is 451 g/mol. The summed E-state index contributed by atoms with van der Waals surface area (Å²) in [6.07, 6.45) is 6.23. The quantitative estimate of drug-likeness (QED) is 0.601. The summed E-state index contributed by atoms with van der Waals surface area (Å²) in [6, 6.07) is 9.81. The van der Waals surface area contributed by atoms with Crippen molar-refractivity contribution in [1.82, 2.24) is 24.7 Å². The number of aromatic nitrogens is 2. The van der Waals surface area contributed by atoms with E-state index in [1.165, 1.54) is 23.5 Å². The molecule has 4 rings (SSSR count). The molecule has 2 aliphatic heterocycles. The second-order valence-electron chi connectivity index (χ2n) is 8.37. The van der Waals surface area contributed by atoms with Gasteiger partial charge in [-0.05, 0) is 18.4 Å². The van der Waals surface area contributed by atoms with Gasteiger partial charge in [-0.3, -0.25) is 19.4 Å². The molecule has 0 aliphatic carbocycles. The van der Waals surface area contributed by atoms with Gasteiger partial charge >= 0.3 is 0 Å². The van der Waals surface area contributed by atoms with E-state index in [0.29, 0.717) is 39.1 Å². The van der Waals surface area contributed by atoms with Gasteiger partial charge in [0.05, 0.1) is 18.9 Å². The number of amides is 3. The number of carbonyl (C=O) groups is 3. The van der Waals surface area contributed by atoms with Gasteiger partial charge in [0, 0.05) is 51.5 Å². The van der Waals surface area contributed by atoms with Crippen molar-refractivity contribution in [1.29, 1.82) is 0 Å². The minimum Gasteiger partial charge on any atom is -0.370 e. The van der Waals surface area contributed by atoms with E-state index in [1.807, 2.05) is 35.2 Å². The summed E-state index contributed by atoms with van der Waals surface area (Å²) in [5.74, 6) is -0.290. The number of hydrogen-bond donors (Lipinski definition) is 0. The maximum Gasteiger partial charge on any atom is 0.274 e. The Bertz CT molecular complexity index is 956. The van der Waals surface area contributed by atoms with E-state index in [1.54, 1.807) is 4.90 Å². The number of nitrogens with zero attached hydrogens (tertiary/aromatic N) is 5. The Morgan fingerprint density at radius 2 is 1.85 bits per heavy atom. The van der Waals surface area contributed by atoms with Crippen LogP contribution >= 0.6 is 0 Å². The van der Waals surface area contributed by atoms with Crippen LogP contribution in [0.15, 0.2) is 48.9 Å². The molecule has 0 N–H and O–H groups in total. The third-order valence-corrected chi connectivity index (χ3v) is 5.95. The molecule has 0 bridgehead atoms. The molecule has 0 unspecified atom stereocenters. The minimum absolute atomic E-state index is 0.0384. The molecule has 9 heteroatoms. The minimum atomic E-state index is -0.342. The first-order valence-electron chi connectivity index (χ1n) is 11.4. The Labute approximate surface area is 193 Å². The molecule has 2 aromatic rings. The van der Waals surface area contributed by atoms with E-state index in [9.17, 15) is 14.4 Å². The van der Waals surface area contributed by atoms with Crippen LogP contribution in [0.5, 0.6) is 0 Å². The lowest BCUT2D eigenvalue weighted by atomic mass is 10.2. The van der Waals surface area contributed by atoms with Gasteiger partial charge in [0.2, 0.25) is 11.8 Å². The van der Waals surface area contributed by atoms with Crippen molar-refractivity contribution >= 4 is 17.7 Å². The van der Waals surface area contributed by atoms with Crippen LogP contribution in [0.2, 0.25) is 0 Å². The molecule has 1 aromatic heterocycles. The van der Waals surface area contributed by atoms with Crippen molar-refractivity contribution in [3.05, 3.63) is 60.2 Å². The summed E-state index contributed by atoms with van der Waals surface area (Å²) in [5, 5.41) is 0. The predicted molar refractivity (Wildman–Crippen MR) is 120 cm³/mol. The van der Waals surface area contributed by atoms with Gasteiger partial charge in [-0.15, -0.1) is 0 Å². The van der Waals surface area contributed by atoms with Crippen LogP contribution in [0.3, 0.4) is 0 Å². The van der Waals surface area contributed by atoms with Crippen molar-refractivity contribution in [2.75, 3.05) is 39.3 Å². The van der Waals surface area contributed by atoms with Crippen molar-refractivity contribution < 1.29 is 19.1 Å². The highest BCUT2D eigenvalue weighted by atomic mass is 16.5. The number of rotatable bonds is 8. The second-order valence-corrected chi connectivity index (χ2v) is 8.37. The second kappa shape index (κ2) is 11.0. The highest BCUT2D eigenvalue weighted by Gasteiger charge is 2.32. The van der Waals surface area contributed by atoms with Crippen LogP contribution in [0.25, 0.3) is 0 Å². The predicted octanol–water partition coefficient (Wildman–Crippen LogP) is 1.36. The maximum atomic E-state index is 13.0. The molecule has 2 saturated heterocycles. The zero-order valence-corrected chi connectivity index (χ0v) is 18.6. The Balaban J connectivity index is 1.43. The zero-order valence-electron chi connectivity index (χ0n) is 18.6. The summed E-state index contributed by atoms with van der Waals surface area (Å²) in [6.45, 7) is 2.97. The topological polar surface area (TPSA) is 95.9 Å². The Morgan fingerprint density at radius 3 is 2.58 bits per heavy atom. The van der Waals surface area contributed by atoms with Crippen LogP contribution in [-0.4, -0.2) is 87.8 Å². The number of ether oxygens (including phenoxy) is 1. The molecule has 174 valence electrons. The third-order valence-electron chi connectivity index (χ3n) is 5.95. The number of benzene rings is 1. The molecule has 2 fully saturated rings. The Kier molecular flexibility index (Phi) is 7.62. The van der Waals surface area contributed by atoms with Crippen LogP contribution in [0, 0.1) is 0 Å². The lowest BCUT2D eigenvalue weighted by molar-refractivity contribution is -0.131. The molecule has 3 amide bonds. The summed E-state index contributed by atoms with van der Waals surface area (Å²) in [5.41, 5.74) is 1.23. The van der Waals surface area contributed by atoms with Gasteiger partial charge in [-0.1, -0.05) is 30.3 Å². The van der Waals surface area contributed by atoms with E-state index in [2.05, 4.69) is 9.97 Å². The van der Waals surface area contributed by atoms with E-state index < -0.39 is 0 Å². The lowest BCUT2D eigenvalue weighted by Crippen LogP contribution is -2.40. The first-order chi connectivity index (χ1) is 16.1. The molecular weight excluding hydrogens is 422 g/mol. The van der Waals surface area contributed by atoms with Crippen molar-refractivity contribution in [3.63, 3.8) is 0 Å². The number of hydrogen-bond acceptors (Lipinski definition) is 6. The van der Waals surface area contributed by atoms with Gasteiger partial charge in [0.1, 0.15) is 12.2 Å². The maximum absolute atomic E-state index is 13.0. The molecule has 1 aromatic carbocycles. The summed E-state index contributed by atoms with van der Waals surface area (Å²) >= 11 is 0. The highest BCUT2D eigenvalue weighted by Crippen LogP contribution is 2.15. The molecule has 33 heavy (non-hydrogen) atoms. The summed E-state index contributed by atoms with van der Waals surface area (Å²) in [4.78, 5) is 51.1. The van der Waals surface area contributed by atoms with Crippen LogP contribution in [-0.2, 0) is 20.9 Å². The fourth-order valence-corrected chi connectivity index (χ4v) is 4.21. The van der Waals surface area contributed by atoms with Crippen molar-refractivity contribution in [2.45, 2.75) is 32.0 Å². The largest absolute Gasteiger partial charge is 0.370 e. The molecule has 9 nitrogen and oxygen atoms in total. The van der Waals surface area contributed by atoms with E-state index in [-0.39, 0.29) is 42.6 Å². The van der Waals surface area contributed by atoms with Crippen molar-refractivity contribution in [2.24, 2.45) is 0 Å². The number of likely N-dealkylation sites (tertiary alicyclic amines) is 1. The van der Waals surface area contributed by atoms with E-state index in [4.69, 9.17) is 4.74 Å². The fourth-order valence-electron chi connectivity index (χ4n) is 4.21. The average Bonchev–Trinajstić information content (AvgIpc) is 3.18. The summed E-state index contributed by atoms with van der Waals surface area (Å²) < 4.78 is 6.15. The lowest BCUT2D eigenvalue weighted by Gasteiger charge is -2.25. The Morgan fingerprint density at radius 1 is 1.03 bits per heavy atom. The molecule has 3 heterocycles. The van der Waals surface area contributed by atoms with Gasteiger partial charge in [-0.2, -0.15) is 0 Å². The van der Waals surface area contributed by atoms with Crippen LogP contribution < -0.4 is 0 Å². The van der Waals surface area contributed by atoms with Crippen LogP contribution in [0.4, 0.5) is 0 Å². The van der Waals surface area contributed by atoms with Gasteiger partial charge in [0.25, 0.3) is 5.91 Å². The van der Waals surface area contributed by atoms with Gasteiger partial charge in [0.15, 0.2) is 0 Å². The third kappa shape index (κ3) is 6.13. The molecule has 0 spiro atoms. The van der Waals surface area contributed by atoms with E-state index >= 15 is 0 Å². The standard InChI is InChI=1S/C24H29N5O4/c30-22-8-4-11-27(22)12-5-13-28-15-20(33-18-19-6-2-1-3-7-19)16-29(17-23(28)31)24(32)21-14-25-9-10-26-21/h1-3,6-7,9-10,14,20H,4-5,8,11-13,15-18H2/t20-/m1/s1. The Hall–Kier alpha value is -3.33. The zero-order chi connectivity index (χ0) is 23.0. The first kappa shape index (κ1) is 22.8. The van der Waals surface area contributed by atoms with Crippen LogP contribution in [0.1, 0.15) is 35.3 Å².